The van der Waals surface area contributed by atoms with Crippen molar-refractivity contribution < 1.29 is 0 Å². The maximum absolute atomic E-state index is 4.20. The van der Waals surface area contributed by atoms with Crippen LogP contribution in [0.4, 0.5) is 0 Å². The Morgan fingerprint density at radius 1 is 1.31 bits per heavy atom. The molecule has 0 N–H and O–H groups in total. The third kappa shape index (κ3) is 2.82. The first-order chi connectivity index (χ1) is 6.24. The van der Waals surface area contributed by atoms with Crippen LogP contribution in [-0.4, -0.2) is 19.1 Å². The zero-order valence-corrected chi connectivity index (χ0v) is 8.28. The molecule has 0 aliphatic rings. The molecule has 1 rings (SSSR count). The van der Waals surface area contributed by atoms with Crippen LogP contribution < -0.4 is 0 Å². The van der Waals surface area contributed by atoms with Gasteiger partial charge in [0.25, 0.3) is 0 Å². The summed E-state index contributed by atoms with van der Waals surface area (Å²) < 4.78 is 0. The van der Waals surface area contributed by atoms with Gasteiger partial charge in [0.15, 0.2) is 0 Å². The van der Waals surface area contributed by atoms with Crippen LogP contribution in [0.5, 0.6) is 0 Å². The minimum absolute atomic E-state index is 0.795. The fraction of sp³-hybridized carbons (Fsp3) is 0.273. The zero-order chi connectivity index (χ0) is 9.68. The van der Waals surface area contributed by atoms with E-state index in [1.165, 1.54) is 5.56 Å². The highest BCUT2D eigenvalue weighted by Gasteiger charge is 1.91. The second-order valence-corrected chi connectivity index (χ2v) is 2.89. The highest BCUT2D eigenvalue weighted by molar-refractivity contribution is 5.94. The van der Waals surface area contributed by atoms with E-state index in [0.717, 1.165) is 11.4 Å². The number of hydrogen-bond donors (Lipinski definition) is 0. The minimum atomic E-state index is 0.795. The third-order valence-electron chi connectivity index (χ3n) is 1.90. The molecule has 0 amide bonds. The van der Waals surface area contributed by atoms with E-state index in [4.69, 9.17) is 0 Å². The van der Waals surface area contributed by atoms with Crippen molar-refractivity contribution >= 4 is 12.1 Å². The second-order valence-electron chi connectivity index (χ2n) is 2.89. The molecular formula is C11H14N2. The lowest BCUT2D eigenvalue weighted by Gasteiger charge is -1.97. The van der Waals surface area contributed by atoms with Gasteiger partial charge in [0, 0.05) is 13.3 Å². The molecule has 0 unspecified atom stereocenters. The summed E-state index contributed by atoms with van der Waals surface area (Å²) in [5.74, 6) is 0.795. The molecule has 0 fully saturated rings. The van der Waals surface area contributed by atoms with Gasteiger partial charge < -0.3 is 0 Å². The number of aliphatic imine (C=N–C) groups is 2. The molecular weight excluding hydrogens is 160 g/mol. The Bertz CT molecular complexity index is 338. The molecule has 0 aromatic heterocycles. The summed E-state index contributed by atoms with van der Waals surface area (Å²) in [6.45, 7) is 3.95. The number of benzene rings is 1. The SMILES string of the molecule is C/N=C(C)/N=C\c1ccccc1C. The van der Waals surface area contributed by atoms with Crippen LogP contribution in [0.2, 0.25) is 0 Å². The van der Waals surface area contributed by atoms with Crippen LogP contribution in [0.15, 0.2) is 34.3 Å². The molecule has 13 heavy (non-hydrogen) atoms. The molecule has 1 aromatic carbocycles. The first-order valence-electron chi connectivity index (χ1n) is 4.27. The van der Waals surface area contributed by atoms with Crippen LogP contribution in [0.3, 0.4) is 0 Å². The maximum Gasteiger partial charge on any atom is 0.119 e. The van der Waals surface area contributed by atoms with Crippen LogP contribution in [0.1, 0.15) is 18.1 Å². The van der Waals surface area contributed by atoms with Gasteiger partial charge >= 0.3 is 0 Å². The number of nitrogens with zero attached hydrogens (tertiary/aromatic N) is 2. The summed E-state index contributed by atoms with van der Waals surface area (Å²) in [6.07, 6.45) is 1.84. The smallest absolute Gasteiger partial charge is 0.119 e. The molecule has 0 bridgehead atoms. The average Bonchev–Trinajstić information content (AvgIpc) is 2.16. The van der Waals surface area contributed by atoms with Crippen molar-refractivity contribution in [2.24, 2.45) is 9.98 Å². The van der Waals surface area contributed by atoms with Crippen LogP contribution >= 0.6 is 0 Å². The van der Waals surface area contributed by atoms with Crippen LogP contribution in [0, 0.1) is 6.92 Å². The van der Waals surface area contributed by atoms with Gasteiger partial charge in [0.05, 0.1) is 0 Å². The van der Waals surface area contributed by atoms with E-state index in [9.17, 15) is 0 Å². The quantitative estimate of drug-likeness (QED) is 0.461. The van der Waals surface area contributed by atoms with Gasteiger partial charge in [-0.2, -0.15) is 0 Å². The van der Waals surface area contributed by atoms with E-state index in [2.05, 4.69) is 23.0 Å². The van der Waals surface area contributed by atoms with E-state index < -0.39 is 0 Å². The Morgan fingerprint density at radius 2 is 2.00 bits per heavy atom. The van der Waals surface area contributed by atoms with E-state index in [1.54, 1.807) is 7.05 Å². The monoisotopic (exact) mass is 174 g/mol. The van der Waals surface area contributed by atoms with Crippen molar-refractivity contribution in [3.05, 3.63) is 35.4 Å². The second kappa shape index (κ2) is 4.55. The van der Waals surface area contributed by atoms with Crippen molar-refractivity contribution in [2.75, 3.05) is 7.05 Å². The Hall–Kier alpha value is -1.44. The van der Waals surface area contributed by atoms with E-state index in [-0.39, 0.29) is 0 Å². The number of aryl methyl sites for hydroxylation is 1. The summed E-state index contributed by atoms with van der Waals surface area (Å²) in [6, 6.07) is 8.14. The van der Waals surface area contributed by atoms with Gasteiger partial charge in [-0.1, -0.05) is 24.3 Å². The number of hydrogen-bond acceptors (Lipinski definition) is 1. The van der Waals surface area contributed by atoms with Crippen molar-refractivity contribution in [3.8, 4) is 0 Å². The van der Waals surface area contributed by atoms with E-state index in [1.807, 2.05) is 31.3 Å². The predicted molar refractivity (Wildman–Crippen MR) is 57.8 cm³/mol. The fourth-order valence-corrected chi connectivity index (χ4v) is 0.952. The lowest BCUT2D eigenvalue weighted by Crippen LogP contribution is -1.90. The standard InChI is InChI=1S/C11H14N2/c1-9-6-4-5-7-11(9)8-13-10(2)12-3/h4-8H,1-3H3/b12-10+,13-8-. The van der Waals surface area contributed by atoms with Gasteiger partial charge in [0.2, 0.25) is 0 Å². The number of rotatable bonds is 1. The lowest BCUT2D eigenvalue weighted by molar-refractivity contribution is 1.38. The molecule has 0 heterocycles. The molecule has 0 saturated heterocycles. The fourth-order valence-electron chi connectivity index (χ4n) is 0.952. The summed E-state index contributed by atoms with van der Waals surface area (Å²) in [5, 5.41) is 0. The molecule has 0 radical (unpaired) electrons. The normalized spacial score (nSPS) is 12.4. The highest BCUT2D eigenvalue weighted by Crippen LogP contribution is 2.03. The molecule has 0 saturated carbocycles. The summed E-state index contributed by atoms with van der Waals surface area (Å²) in [4.78, 5) is 8.15. The first-order valence-corrected chi connectivity index (χ1v) is 4.27. The molecule has 0 atom stereocenters. The van der Waals surface area contributed by atoms with Crippen LogP contribution in [-0.2, 0) is 0 Å². The topological polar surface area (TPSA) is 24.7 Å². The molecule has 0 aliphatic carbocycles. The van der Waals surface area contributed by atoms with Crippen molar-refractivity contribution in [1.29, 1.82) is 0 Å². The van der Waals surface area contributed by atoms with Gasteiger partial charge in [-0.3, -0.25) is 4.99 Å². The van der Waals surface area contributed by atoms with Gasteiger partial charge in [-0.05, 0) is 25.0 Å². The summed E-state index contributed by atoms with van der Waals surface area (Å²) in [7, 11) is 1.74. The van der Waals surface area contributed by atoms with E-state index in [0.29, 0.717) is 0 Å². The Morgan fingerprint density at radius 3 is 2.62 bits per heavy atom. The Labute approximate surface area is 79.0 Å². The maximum atomic E-state index is 4.20. The van der Waals surface area contributed by atoms with Crippen molar-refractivity contribution in [3.63, 3.8) is 0 Å². The Kier molecular flexibility index (Phi) is 3.38. The van der Waals surface area contributed by atoms with Gasteiger partial charge in [-0.25, -0.2) is 4.99 Å². The molecule has 0 aliphatic heterocycles. The Balaban J connectivity index is 2.86. The first kappa shape index (κ1) is 9.65. The van der Waals surface area contributed by atoms with E-state index >= 15 is 0 Å². The zero-order valence-electron chi connectivity index (χ0n) is 8.28. The lowest BCUT2D eigenvalue weighted by atomic mass is 10.1. The molecule has 68 valence electrons. The largest absolute Gasteiger partial charge is 0.274 e. The summed E-state index contributed by atoms with van der Waals surface area (Å²) >= 11 is 0. The predicted octanol–water partition coefficient (Wildman–Crippen LogP) is 2.46. The van der Waals surface area contributed by atoms with Crippen molar-refractivity contribution in [2.45, 2.75) is 13.8 Å². The molecule has 0 spiro atoms. The van der Waals surface area contributed by atoms with Crippen molar-refractivity contribution in [1.82, 2.24) is 0 Å². The van der Waals surface area contributed by atoms with Crippen LogP contribution in [0.25, 0.3) is 0 Å². The molecule has 2 heteroatoms. The molecule has 1 aromatic rings. The minimum Gasteiger partial charge on any atom is -0.274 e. The van der Waals surface area contributed by atoms with Gasteiger partial charge in [-0.15, -0.1) is 0 Å². The average molecular weight is 174 g/mol. The third-order valence-corrected chi connectivity index (χ3v) is 1.90. The molecule has 2 nitrogen and oxygen atoms in total. The highest BCUT2D eigenvalue weighted by atomic mass is 14.9. The summed E-state index contributed by atoms with van der Waals surface area (Å²) in [5.41, 5.74) is 2.38. The number of amidine groups is 1. The van der Waals surface area contributed by atoms with Gasteiger partial charge in [0.1, 0.15) is 5.84 Å².